The van der Waals surface area contributed by atoms with Gasteiger partial charge < -0.3 is 10.4 Å². The maximum Gasteiger partial charge on any atom is 0.311 e. The van der Waals surface area contributed by atoms with E-state index in [1.165, 1.54) is 6.92 Å². The fraction of sp³-hybridized carbons (Fsp3) is 0.818. The fourth-order valence-corrected chi connectivity index (χ4v) is 2.98. The predicted octanol–water partition coefficient (Wildman–Crippen LogP) is -0.315. The Balaban J connectivity index is 2.44. The first-order valence-corrected chi connectivity index (χ1v) is 7.89. The summed E-state index contributed by atoms with van der Waals surface area (Å²) in [5.74, 6) is -1.47. The lowest BCUT2D eigenvalue weighted by Crippen LogP contribution is -2.47. The van der Waals surface area contributed by atoms with Crippen LogP contribution in [-0.4, -0.2) is 43.7 Å². The van der Waals surface area contributed by atoms with Crippen molar-refractivity contribution in [1.82, 2.24) is 10.0 Å². The minimum atomic E-state index is -3.46. The van der Waals surface area contributed by atoms with Crippen LogP contribution in [0.4, 0.5) is 0 Å². The Hall–Kier alpha value is -1.15. The topological polar surface area (TPSA) is 113 Å². The molecule has 1 saturated carbocycles. The Morgan fingerprint density at radius 3 is 2.37 bits per heavy atom. The molecule has 0 spiro atoms. The molecule has 0 aromatic heterocycles. The molecule has 1 amide bonds. The summed E-state index contributed by atoms with van der Waals surface area (Å²) in [5.41, 5.74) is -0.850. The molecular formula is C11H20N2O5S. The van der Waals surface area contributed by atoms with Gasteiger partial charge in [0.2, 0.25) is 15.9 Å². The number of rotatable bonds is 8. The predicted molar refractivity (Wildman–Crippen MR) is 69.0 cm³/mol. The molecule has 1 fully saturated rings. The van der Waals surface area contributed by atoms with E-state index in [1.54, 1.807) is 6.92 Å². The van der Waals surface area contributed by atoms with E-state index in [0.29, 0.717) is 19.3 Å². The molecule has 1 aliphatic carbocycles. The number of hydrogen-bond donors (Lipinski definition) is 3. The van der Waals surface area contributed by atoms with E-state index in [-0.39, 0.29) is 12.3 Å². The molecule has 0 aromatic rings. The second-order valence-corrected chi connectivity index (χ2v) is 6.84. The van der Waals surface area contributed by atoms with Gasteiger partial charge in [0.1, 0.15) is 0 Å². The van der Waals surface area contributed by atoms with Crippen LogP contribution in [-0.2, 0) is 19.6 Å². The largest absolute Gasteiger partial charge is 0.481 e. The van der Waals surface area contributed by atoms with E-state index < -0.39 is 33.4 Å². The van der Waals surface area contributed by atoms with Crippen LogP contribution >= 0.6 is 0 Å². The van der Waals surface area contributed by atoms with Crippen molar-refractivity contribution in [3.05, 3.63) is 0 Å². The van der Waals surface area contributed by atoms with Crippen LogP contribution < -0.4 is 10.0 Å². The van der Waals surface area contributed by atoms with Gasteiger partial charge in [-0.3, -0.25) is 9.59 Å². The van der Waals surface area contributed by atoms with E-state index in [4.69, 9.17) is 5.11 Å². The van der Waals surface area contributed by atoms with Gasteiger partial charge in [-0.05, 0) is 26.2 Å². The summed E-state index contributed by atoms with van der Waals surface area (Å²) in [6, 6.07) is -0.902. The molecule has 0 aliphatic heterocycles. The zero-order valence-electron chi connectivity index (χ0n) is 11.1. The normalized spacial score (nSPS) is 18.6. The molecule has 19 heavy (non-hydrogen) atoms. The van der Waals surface area contributed by atoms with Crippen molar-refractivity contribution in [3.63, 3.8) is 0 Å². The molecule has 0 bridgehead atoms. The van der Waals surface area contributed by atoms with Crippen LogP contribution in [0.3, 0.4) is 0 Å². The quantitative estimate of drug-likeness (QED) is 0.568. The van der Waals surface area contributed by atoms with Crippen molar-refractivity contribution >= 4 is 21.9 Å². The lowest BCUT2D eigenvalue weighted by Gasteiger charge is -2.16. The summed E-state index contributed by atoms with van der Waals surface area (Å²) >= 11 is 0. The monoisotopic (exact) mass is 292 g/mol. The third-order valence-electron chi connectivity index (χ3n) is 3.13. The Morgan fingerprint density at radius 1 is 1.37 bits per heavy atom. The summed E-state index contributed by atoms with van der Waals surface area (Å²) in [5, 5.41) is 11.4. The smallest absolute Gasteiger partial charge is 0.311 e. The second kappa shape index (κ2) is 5.87. The Labute approximate surface area is 112 Å². The number of nitrogens with one attached hydrogen (secondary N) is 2. The first-order valence-electron chi connectivity index (χ1n) is 6.23. The van der Waals surface area contributed by atoms with Gasteiger partial charge >= 0.3 is 5.97 Å². The summed E-state index contributed by atoms with van der Waals surface area (Å²) in [7, 11) is -3.46. The lowest BCUT2D eigenvalue weighted by molar-refractivity contribution is -0.143. The number of carbonyl (C=O) groups excluding carboxylic acids is 1. The van der Waals surface area contributed by atoms with Crippen LogP contribution in [0.5, 0.6) is 0 Å². The maximum atomic E-state index is 11.7. The van der Waals surface area contributed by atoms with Gasteiger partial charge in [0.15, 0.2) is 0 Å². The van der Waals surface area contributed by atoms with E-state index in [1.807, 2.05) is 0 Å². The Morgan fingerprint density at radius 2 is 1.95 bits per heavy atom. The van der Waals surface area contributed by atoms with Crippen LogP contribution in [0.15, 0.2) is 0 Å². The molecule has 110 valence electrons. The molecule has 1 rings (SSSR count). The van der Waals surface area contributed by atoms with Crippen molar-refractivity contribution in [2.75, 3.05) is 12.3 Å². The molecule has 0 aromatic carbocycles. The van der Waals surface area contributed by atoms with Gasteiger partial charge in [0.25, 0.3) is 0 Å². The van der Waals surface area contributed by atoms with Gasteiger partial charge in [-0.2, -0.15) is 0 Å². The highest BCUT2D eigenvalue weighted by Gasteiger charge is 2.50. The second-order valence-electron chi connectivity index (χ2n) is 4.96. The van der Waals surface area contributed by atoms with Crippen molar-refractivity contribution in [2.45, 2.75) is 39.2 Å². The van der Waals surface area contributed by atoms with Crippen molar-refractivity contribution < 1.29 is 23.1 Å². The van der Waals surface area contributed by atoms with Crippen LogP contribution in [0.2, 0.25) is 0 Å². The minimum absolute atomic E-state index is 0.0380. The van der Waals surface area contributed by atoms with E-state index in [2.05, 4.69) is 10.0 Å². The number of amides is 1. The van der Waals surface area contributed by atoms with Gasteiger partial charge in [-0.25, -0.2) is 13.1 Å². The third kappa shape index (κ3) is 4.46. The van der Waals surface area contributed by atoms with Crippen molar-refractivity contribution in [1.29, 1.82) is 0 Å². The molecule has 0 saturated heterocycles. The molecular weight excluding hydrogens is 272 g/mol. The molecule has 1 unspecified atom stereocenters. The number of aliphatic carboxylic acids is 1. The Kier molecular flexibility index (Phi) is 4.92. The molecule has 7 nitrogen and oxygen atoms in total. The summed E-state index contributed by atoms with van der Waals surface area (Å²) < 4.78 is 25.2. The lowest BCUT2D eigenvalue weighted by atomic mass is 10.1. The average Bonchev–Trinajstić information content (AvgIpc) is 3.05. The third-order valence-corrected chi connectivity index (χ3v) is 4.79. The summed E-state index contributed by atoms with van der Waals surface area (Å²) in [4.78, 5) is 22.6. The highest BCUT2D eigenvalue weighted by molar-refractivity contribution is 7.89. The zero-order valence-corrected chi connectivity index (χ0v) is 11.9. The fourth-order valence-electron chi connectivity index (χ4n) is 1.68. The molecule has 0 heterocycles. The van der Waals surface area contributed by atoms with E-state index in [0.717, 1.165) is 0 Å². The Bertz CT molecular complexity index is 456. The number of sulfonamides is 1. The van der Waals surface area contributed by atoms with Crippen LogP contribution in [0.25, 0.3) is 0 Å². The van der Waals surface area contributed by atoms with Gasteiger partial charge in [0, 0.05) is 6.54 Å². The molecule has 3 N–H and O–H groups in total. The average molecular weight is 292 g/mol. The van der Waals surface area contributed by atoms with Crippen molar-refractivity contribution in [2.24, 2.45) is 5.41 Å². The highest BCUT2D eigenvalue weighted by Crippen LogP contribution is 2.45. The highest BCUT2D eigenvalue weighted by atomic mass is 32.2. The number of hydrogen-bond acceptors (Lipinski definition) is 4. The summed E-state index contributed by atoms with van der Waals surface area (Å²) in [6.45, 7) is 3.21. The number of carboxylic acid groups (broad SMARTS) is 1. The van der Waals surface area contributed by atoms with Crippen molar-refractivity contribution in [3.8, 4) is 0 Å². The number of carboxylic acids is 1. The van der Waals surface area contributed by atoms with Gasteiger partial charge in [-0.1, -0.05) is 6.92 Å². The van der Waals surface area contributed by atoms with Crippen LogP contribution in [0, 0.1) is 5.41 Å². The SMILES string of the molecule is CCCS(=O)(=O)NC(C)C(=O)NCC1(C(=O)O)CC1. The summed E-state index contributed by atoms with van der Waals surface area (Å²) in [6.07, 6.45) is 1.54. The molecule has 1 atom stereocenters. The zero-order chi connectivity index (χ0) is 14.7. The standard InChI is InChI=1S/C11H20N2O5S/c1-3-6-19(17,18)13-8(2)9(14)12-7-11(4-5-11)10(15)16/h8,13H,3-7H2,1-2H3,(H,12,14)(H,15,16). The minimum Gasteiger partial charge on any atom is -0.481 e. The number of carbonyl (C=O) groups is 2. The molecule has 8 heteroatoms. The van der Waals surface area contributed by atoms with E-state index >= 15 is 0 Å². The van der Waals surface area contributed by atoms with Gasteiger partial charge in [0.05, 0.1) is 17.2 Å². The molecule has 0 radical (unpaired) electrons. The first-order chi connectivity index (χ1) is 8.72. The van der Waals surface area contributed by atoms with Gasteiger partial charge in [-0.15, -0.1) is 0 Å². The van der Waals surface area contributed by atoms with Crippen LogP contribution in [0.1, 0.15) is 33.1 Å². The van der Waals surface area contributed by atoms with E-state index in [9.17, 15) is 18.0 Å². The first kappa shape index (κ1) is 15.9. The molecule has 1 aliphatic rings. The maximum absolute atomic E-state index is 11.7.